The van der Waals surface area contributed by atoms with Gasteiger partial charge in [-0.05, 0) is 24.3 Å². The number of anilines is 2. The van der Waals surface area contributed by atoms with E-state index >= 15 is 0 Å². The summed E-state index contributed by atoms with van der Waals surface area (Å²) in [6.07, 6.45) is 1.07. The van der Waals surface area contributed by atoms with Gasteiger partial charge in [-0.15, -0.1) is 0 Å². The summed E-state index contributed by atoms with van der Waals surface area (Å²) in [7, 11) is 0. The number of halogens is 1. The van der Waals surface area contributed by atoms with Gasteiger partial charge in [-0.1, -0.05) is 0 Å². The summed E-state index contributed by atoms with van der Waals surface area (Å²) in [6.45, 7) is 5.78. The van der Waals surface area contributed by atoms with Crippen LogP contribution in [-0.2, 0) is 0 Å². The van der Waals surface area contributed by atoms with E-state index in [0.29, 0.717) is 0 Å². The summed E-state index contributed by atoms with van der Waals surface area (Å²) in [6, 6.07) is 7.99. The number of rotatable bonds is 5. The Kier molecular flexibility index (Phi) is 7.25. The van der Waals surface area contributed by atoms with E-state index in [1.165, 1.54) is 5.69 Å². The zero-order valence-electron chi connectivity index (χ0n) is 12.4. The molecule has 1 aromatic carbocycles. The second kappa shape index (κ2) is 8.44. The van der Waals surface area contributed by atoms with E-state index in [-0.39, 0.29) is 25.6 Å². The average molecular weight is 316 g/mol. The number of nitrogens with two attached hydrogens (primary N) is 1. The highest BCUT2D eigenvalue weighted by atomic mass is 35.5. The molecule has 6 heteroatoms. The highest BCUT2D eigenvalue weighted by Crippen LogP contribution is 2.20. The zero-order valence-corrected chi connectivity index (χ0v) is 13.2. The highest BCUT2D eigenvalue weighted by Gasteiger charge is 2.29. The fraction of sp³-hybridized carbons (Fsp3) is 0.600. The van der Waals surface area contributed by atoms with Gasteiger partial charge in [-0.2, -0.15) is 0 Å². The number of aliphatic hydroxyl groups excluding tert-OH is 2. The van der Waals surface area contributed by atoms with Crippen molar-refractivity contribution in [2.24, 2.45) is 0 Å². The van der Waals surface area contributed by atoms with Crippen molar-refractivity contribution in [2.75, 3.05) is 63.1 Å². The minimum absolute atomic E-state index is 0. The molecular formula is C15H26ClN3O2. The fourth-order valence-electron chi connectivity index (χ4n) is 3.08. The predicted molar refractivity (Wildman–Crippen MR) is 81.6 cm³/mol. The summed E-state index contributed by atoms with van der Waals surface area (Å²) in [5, 5.41) is 18.6. The molecule has 1 aliphatic rings. The molecule has 1 saturated heterocycles. The van der Waals surface area contributed by atoms with E-state index in [0.717, 1.165) is 55.9 Å². The number of hydrogen-bond acceptors (Lipinski definition) is 4. The number of quaternary nitrogens is 1. The summed E-state index contributed by atoms with van der Waals surface area (Å²) < 4.78 is 0.818. The molecule has 120 valence electrons. The standard InChI is InChI=1S/C15H26N3O2.ClH/c16-14-2-4-15(5-3-14)17-6-1-8-18(9-7-17,10-12-19)11-13-20;/h2-5,19-20H,1,6-13,16H2;1H/q+1;/p-1. The van der Waals surface area contributed by atoms with E-state index in [2.05, 4.69) is 17.0 Å². The Morgan fingerprint density at radius 1 is 1.00 bits per heavy atom. The van der Waals surface area contributed by atoms with Gasteiger partial charge in [-0.3, -0.25) is 0 Å². The van der Waals surface area contributed by atoms with Crippen LogP contribution in [0.1, 0.15) is 6.42 Å². The van der Waals surface area contributed by atoms with Crippen LogP contribution in [0.5, 0.6) is 0 Å². The van der Waals surface area contributed by atoms with E-state index in [1.807, 2.05) is 12.1 Å². The van der Waals surface area contributed by atoms with Crippen molar-refractivity contribution in [3.05, 3.63) is 24.3 Å². The molecule has 0 atom stereocenters. The molecule has 0 bridgehead atoms. The Balaban J connectivity index is 0.00000220. The smallest absolute Gasteiger partial charge is 0.102 e. The van der Waals surface area contributed by atoms with Crippen LogP contribution < -0.4 is 23.0 Å². The first-order chi connectivity index (χ1) is 9.69. The van der Waals surface area contributed by atoms with Crippen LogP contribution in [0.2, 0.25) is 0 Å². The first-order valence-electron chi connectivity index (χ1n) is 7.36. The molecule has 1 fully saturated rings. The number of hydrogen-bond donors (Lipinski definition) is 3. The van der Waals surface area contributed by atoms with Crippen molar-refractivity contribution in [1.82, 2.24) is 0 Å². The molecule has 2 rings (SSSR count). The Labute approximate surface area is 133 Å². The van der Waals surface area contributed by atoms with Crippen molar-refractivity contribution in [2.45, 2.75) is 6.42 Å². The molecule has 21 heavy (non-hydrogen) atoms. The van der Waals surface area contributed by atoms with Crippen LogP contribution in [-0.4, -0.2) is 67.2 Å². The molecule has 0 radical (unpaired) electrons. The van der Waals surface area contributed by atoms with Crippen LogP contribution >= 0.6 is 0 Å². The maximum Gasteiger partial charge on any atom is 0.102 e. The molecule has 0 unspecified atom stereocenters. The summed E-state index contributed by atoms with van der Waals surface area (Å²) in [4.78, 5) is 2.37. The SMILES string of the molecule is Nc1ccc(N2CCC[N+](CCO)(CCO)CC2)cc1.[Cl-]. The minimum atomic E-state index is 0. The van der Waals surface area contributed by atoms with Crippen molar-refractivity contribution in [1.29, 1.82) is 0 Å². The third-order valence-electron chi connectivity index (χ3n) is 4.31. The van der Waals surface area contributed by atoms with Crippen LogP contribution in [0.3, 0.4) is 0 Å². The lowest BCUT2D eigenvalue weighted by molar-refractivity contribution is -0.926. The van der Waals surface area contributed by atoms with Gasteiger partial charge < -0.3 is 37.7 Å². The van der Waals surface area contributed by atoms with Crippen molar-refractivity contribution < 1.29 is 27.1 Å². The van der Waals surface area contributed by atoms with Gasteiger partial charge in [0, 0.05) is 24.3 Å². The van der Waals surface area contributed by atoms with Crippen LogP contribution in [0.15, 0.2) is 24.3 Å². The Morgan fingerprint density at radius 3 is 2.19 bits per heavy atom. The first kappa shape index (κ1) is 18.0. The fourth-order valence-corrected chi connectivity index (χ4v) is 3.08. The lowest BCUT2D eigenvalue weighted by atomic mass is 10.2. The van der Waals surface area contributed by atoms with E-state index in [9.17, 15) is 10.2 Å². The number of aliphatic hydroxyl groups is 2. The summed E-state index contributed by atoms with van der Waals surface area (Å²) in [5.74, 6) is 0. The predicted octanol–water partition coefficient (Wildman–Crippen LogP) is -2.72. The lowest BCUT2D eigenvalue weighted by Gasteiger charge is -2.36. The number of benzene rings is 1. The van der Waals surface area contributed by atoms with Gasteiger partial charge in [0.05, 0.1) is 32.8 Å². The molecule has 1 aliphatic heterocycles. The van der Waals surface area contributed by atoms with Crippen LogP contribution in [0.4, 0.5) is 11.4 Å². The van der Waals surface area contributed by atoms with E-state index in [1.54, 1.807) is 0 Å². The van der Waals surface area contributed by atoms with Crippen LogP contribution in [0.25, 0.3) is 0 Å². The molecular weight excluding hydrogens is 290 g/mol. The Bertz CT molecular complexity index is 408. The molecule has 0 saturated carbocycles. The first-order valence-corrected chi connectivity index (χ1v) is 7.36. The summed E-state index contributed by atoms with van der Waals surface area (Å²) in [5.41, 5.74) is 7.72. The molecule has 0 spiro atoms. The molecule has 1 heterocycles. The van der Waals surface area contributed by atoms with Gasteiger partial charge in [0.25, 0.3) is 0 Å². The molecule has 0 aromatic heterocycles. The van der Waals surface area contributed by atoms with E-state index in [4.69, 9.17) is 5.73 Å². The van der Waals surface area contributed by atoms with Crippen LogP contribution in [0, 0.1) is 0 Å². The molecule has 1 aromatic rings. The quantitative estimate of drug-likeness (QED) is 0.408. The highest BCUT2D eigenvalue weighted by molar-refractivity contribution is 5.53. The Morgan fingerprint density at radius 2 is 1.62 bits per heavy atom. The van der Waals surface area contributed by atoms with Gasteiger partial charge >= 0.3 is 0 Å². The second-order valence-corrected chi connectivity index (χ2v) is 5.62. The zero-order chi connectivity index (χ0) is 14.4. The maximum absolute atomic E-state index is 9.29. The third-order valence-corrected chi connectivity index (χ3v) is 4.31. The van der Waals surface area contributed by atoms with E-state index < -0.39 is 0 Å². The average Bonchev–Trinajstić information content (AvgIpc) is 2.64. The van der Waals surface area contributed by atoms with Crippen molar-refractivity contribution in [3.63, 3.8) is 0 Å². The molecule has 5 nitrogen and oxygen atoms in total. The topological polar surface area (TPSA) is 69.7 Å². The molecule has 4 N–H and O–H groups in total. The number of nitrogens with zero attached hydrogens (tertiary/aromatic N) is 2. The minimum Gasteiger partial charge on any atom is -1.00 e. The normalized spacial score (nSPS) is 17.9. The second-order valence-electron chi connectivity index (χ2n) is 5.62. The van der Waals surface area contributed by atoms with Gasteiger partial charge in [-0.25, -0.2) is 0 Å². The van der Waals surface area contributed by atoms with Crippen molar-refractivity contribution >= 4 is 11.4 Å². The lowest BCUT2D eigenvalue weighted by Crippen LogP contribution is -3.00. The Hall–Kier alpha value is -1.01. The largest absolute Gasteiger partial charge is 1.00 e. The third kappa shape index (κ3) is 4.74. The van der Waals surface area contributed by atoms with Gasteiger partial charge in [0.15, 0.2) is 0 Å². The van der Waals surface area contributed by atoms with Gasteiger partial charge in [0.2, 0.25) is 0 Å². The summed E-state index contributed by atoms with van der Waals surface area (Å²) >= 11 is 0. The monoisotopic (exact) mass is 315 g/mol. The molecule has 0 aliphatic carbocycles. The van der Waals surface area contributed by atoms with Gasteiger partial charge in [0.1, 0.15) is 13.1 Å². The maximum atomic E-state index is 9.29. The number of nitrogen functional groups attached to an aromatic ring is 1. The van der Waals surface area contributed by atoms with Crippen molar-refractivity contribution in [3.8, 4) is 0 Å². The molecule has 0 amide bonds.